The minimum Gasteiger partial charge on any atom is -0.305 e. The summed E-state index contributed by atoms with van der Waals surface area (Å²) in [7, 11) is -3.05. The maximum atomic E-state index is 12.0. The van der Waals surface area contributed by atoms with Crippen molar-refractivity contribution in [2.45, 2.75) is 52.9 Å². The van der Waals surface area contributed by atoms with E-state index in [2.05, 4.69) is 12.7 Å². The van der Waals surface area contributed by atoms with Gasteiger partial charge >= 0.3 is 7.60 Å². The lowest BCUT2D eigenvalue weighted by Crippen LogP contribution is -1.91. The van der Waals surface area contributed by atoms with Crippen LogP contribution in [0.5, 0.6) is 0 Å². The van der Waals surface area contributed by atoms with Gasteiger partial charge in [-0.05, 0) is 32.8 Å². The van der Waals surface area contributed by atoms with E-state index in [0.717, 1.165) is 12.8 Å². The first kappa shape index (κ1) is 16.7. The fraction of sp³-hybridized carbons (Fsp3) is 0.769. The van der Waals surface area contributed by atoms with Crippen LogP contribution in [0.1, 0.15) is 52.9 Å². The van der Waals surface area contributed by atoms with Gasteiger partial charge in [0.25, 0.3) is 0 Å². The molecular formula is C13H25O3P. The second-order valence-electron chi connectivity index (χ2n) is 3.72. The topological polar surface area (TPSA) is 35.5 Å². The van der Waals surface area contributed by atoms with Gasteiger partial charge in [0.2, 0.25) is 0 Å². The molecule has 0 aromatic heterocycles. The Hall–Kier alpha value is -0.330. The monoisotopic (exact) mass is 260 g/mol. The molecule has 0 unspecified atom stereocenters. The maximum absolute atomic E-state index is 12.0. The van der Waals surface area contributed by atoms with Crippen LogP contribution in [0.25, 0.3) is 0 Å². The van der Waals surface area contributed by atoms with Crippen LogP contribution in [0.3, 0.4) is 0 Å². The van der Waals surface area contributed by atoms with Crippen molar-refractivity contribution in [2.75, 3.05) is 13.2 Å². The molecule has 0 N–H and O–H groups in total. The summed E-state index contributed by atoms with van der Waals surface area (Å²) >= 11 is 0. The lowest BCUT2D eigenvalue weighted by molar-refractivity contribution is 0.229. The van der Waals surface area contributed by atoms with Crippen LogP contribution in [-0.4, -0.2) is 13.2 Å². The van der Waals surface area contributed by atoms with E-state index in [1.54, 1.807) is 13.8 Å². The molecule has 0 aromatic carbocycles. The summed E-state index contributed by atoms with van der Waals surface area (Å²) in [6.07, 6.45) is 7.78. The number of hydrogen-bond donors (Lipinski definition) is 0. The largest absolute Gasteiger partial charge is 0.361 e. The highest BCUT2D eigenvalue weighted by Gasteiger charge is 2.18. The van der Waals surface area contributed by atoms with Gasteiger partial charge in [-0.3, -0.25) is 4.57 Å². The number of allylic oxidation sites excluding steroid dienone is 1. The molecule has 0 aliphatic rings. The molecule has 0 fully saturated rings. The standard InChI is InChI=1S/C13H25O3P/c1-4-7-8-9-10-11-12-13-17(14,15-5-2)16-6-3/h11,13H,4-10H2,1-3H3. The van der Waals surface area contributed by atoms with Crippen LogP contribution in [0.2, 0.25) is 0 Å². The molecule has 0 saturated heterocycles. The number of rotatable bonds is 10. The molecule has 0 aromatic rings. The van der Waals surface area contributed by atoms with Gasteiger partial charge in [0, 0.05) is 0 Å². The Balaban J connectivity index is 4.06. The van der Waals surface area contributed by atoms with Crippen LogP contribution in [0.15, 0.2) is 17.6 Å². The van der Waals surface area contributed by atoms with Crippen LogP contribution in [0.4, 0.5) is 0 Å². The molecule has 0 radical (unpaired) electrons. The van der Waals surface area contributed by atoms with Crippen molar-refractivity contribution >= 4 is 7.60 Å². The molecular weight excluding hydrogens is 235 g/mol. The lowest BCUT2D eigenvalue weighted by atomic mass is 10.1. The van der Waals surface area contributed by atoms with E-state index >= 15 is 0 Å². The summed E-state index contributed by atoms with van der Waals surface area (Å²) in [6, 6.07) is 0. The van der Waals surface area contributed by atoms with E-state index in [-0.39, 0.29) is 0 Å². The molecule has 3 nitrogen and oxygen atoms in total. The zero-order valence-corrected chi connectivity index (χ0v) is 12.2. The smallest absolute Gasteiger partial charge is 0.305 e. The Labute approximate surface area is 105 Å². The highest BCUT2D eigenvalue weighted by molar-refractivity contribution is 7.57. The zero-order chi connectivity index (χ0) is 13.0. The highest BCUT2D eigenvalue weighted by atomic mass is 31.2. The molecule has 0 heterocycles. The average Bonchev–Trinajstić information content (AvgIpc) is 2.28. The van der Waals surface area contributed by atoms with Crippen molar-refractivity contribution < 1.29 is 13.6 Å². The van der Waals surface area contributed by atoms with Crippen molar-refractivity contribution in [1.29, 1.82) is 0 Å². The third-order valence-electron chi connectivity index (χ3n) is 2.17. The Bertz CT molecular complexity index is 270. The van der Waals surface area contributed by atoms with Crippen molar-refractivity contribution in [3.05, 3.63) is 17.6 Å². The zero-order valence-electron chi connectivity index (χ0n) is 11.3. The highest BCUT2D eigenvalue weighted by Crippen LogP contribution is 2.49. The van der Waals surface area contributed by atoms with Gasteiger partial charge in [0.1, 0.15) is 0 Å². The minimum atomic E-state index is -3.05. The molecule has 17 heavy (non-hydrogen) atoms. The van der Waals surface area contributed by atoms with E-state index in [1.807, 2.05) is 6.08 Å². The molecule has 0 bridgehead atoms. The third kappa shape index (κ3) is 9.38. The molecule has 100 valence electrons. The van der Waals surface area contributed by atoms with E-state index in [1.165, 1.54) is 25.1 Å². The van der Waals surface area contributed by atoms with Crippen molar-refractivity contribution in [1.82, 2.24) is 0 Å². The Morgan fingerprint density at radius 1 is 1.06 bits per heavy atom. The Morgan fingerprint density at radius 2 is 1.71 bits per heavy atom. The molecule has 0 saturated carbocycles. The third-order valence-corrected chi connectivity index (χ3v) is 3.87. The first-order chi connectivity index (χ1) is 8.18. The van der Waals surface area contributed by atoms with E-state index in [0.29, 0.717) is 13.2 Å². The summed E-state index contributed by atoms with van der Waals surface area (Å²) in [5.41, 5.74) is 2.91. The summed E-state index contributed by atoms with van der Waals surface area (Å²) in [6.45, 7) is 6.55. The van der Waals surface area contributed by atoms with Crippen LogP contribution >= 0.6 is 7.60 Å². The molecule has 0 atom stereocenters. The molecule has 0 aliphatic carbocycles. The van der Waals surface area contributed by atoms with Gasteiger partial charge in [-0.25, -0.2) is 0 Å². The van der Waals surface area contributed by atoms with Crippen molar-refractivity contribution in [3.8, 4) is 0 Å². The van der Waals surface area contributed by atoms with Crippen molar-refractivity contribution in [3.63, 3.8) is 0 Å². The predicted octanol–water partition coefficient (Wildman–Crippen LogP) is 4.89. The second kappa shape index (κ2) is 10.8. The van der Waals surface area contributed by atoms with Gasteiger partial charge in [0.05, 0.1) is 19.0 Å². The lowest BCUT2D eigenvalue weighted by Gasteiger charge is -2.10. The Kier molecular flexibility index (Phi) is 10.6. The van der Waals surface area contributed by atoms with E-state index in [9.17, 15) is 4.57 Å². The molecule has 0 amide bonds. The summed E-state index contributed by atoms with van der Waals surface area (Å²) in [5, 5.41) is 0. The number of unbranched alkanes of at least 4 members (excludes halogenated alkanes) is 4. The molecule has 0 spiro atoms. The van der Waals surface area contributed by atoms with E-state index < -0.39 is 7.60 Å². The maximum Gasteiger partial charge on any atom is 0.361 e. The predicted molar refractivity (Wildman–Crippen MR) is 72.3 cm³/mol. The van der Waals surface area contributed by atoms with Gasteiger partial charge < -0.3 is 9.05 Å². The van der Waals surface area contributed by atoms with Gasteiger partial charge in [-0.1, -0.05) is 26.2 Å². The van der Waals surface area contributed by atoms with Crippen LogP contribution in [0, 0.1) is 0 Å². The van der Waals surface area contributed by atoms with Crippen LogP contribution < -0.4 is 0 Å². The molecule has 4 heteroatoms. The summed E-state index contributed by atoms with van der Waals surface area (Å²) in [4.78, 5) is 0. The molecule has 0 rings (SSSR count). The van der Waals surface area contributed by atoms with Gasteiger partial charge in [-0.15, -0.1) is 5.73 Å². The average molecular weight is 260 g/mol. The second-order valence-corrected chi connectivity index (χ2v) is 5.58. The van der Waals surface area contributed by atoms with Crippen molar-refractivity contribution in [2.24, 2.45) is 0 Å². The Morgan fingerprint density at radius 3 is 2.24 bits per heavy atom. The fourth-order valence-electron chi connectivity index (χ4n) is 1.37. The normalized spacial score (nSPS) is 11.0. The fourth-order valence-corrected chi connectivity index (χ4v) is 2.60. The molecule has 0 aliphatic heterocycles. The number of hydrogen-bond acceptors (Lipinski definition) is 3. The van der Waals surface area contributed by atoms with Crippen LogP contribution in [-0.2, 0) is 13.6 Å². The van der Waals surface area contributed by atoms with E-state index in [4.69, 9.17) is 9.05 Å². The first-order valence-corrected chi connectivity index (χ1v) is 8.10. The van der Waals surface area contributed by atoms with Gasteiger partial charge in [-0.2, -0.15) is 0 Å². The SMILES string of the molecule is CCCCCCC=C=CP(=O)(OCC)OCC. The first-order valence-electron chi connectivity index (χ1n) is 6.49. The summed E-state index contributed by atoms with van der Waals surface area (Å²) in [5.74, 6) is 1.43. The van der Waals surface area contributed by atoms with Gasteiger partial charge in [0.15, 0.2) is 0 Å². The minimum absolute atomic E-state index is 0.381. The summed E-state index contributed by atoms with van der Waals surface area (Å²) < 4.78 is 22.2. The quantitative estimate of drug-likeness (QED) is 0.318.